The third kappa shape index (κ3) is 4.60. The third-order valence-corrected chi connectivity index (χ3v) is 8.10. The summed E-state index contributed by atoms with van der Waals surface area (Å²) in [6.07, 6.45) is 11.5. The molecule has 1 saturated carbocycles. The van der Waals surface area contributed by atoms with Crippen LogP contribution in [0.25, 0.3) is 11.3 Å². The Morgan fingerprint density at radius 3 is 2.44 bits per heavy atom. The van der Waals surface area contributed by atoms with Crippen molar-refractivity contribution in [1.82, 2.24) is 20.0 Å². The van der Waals surface area contributed by atoms with Gasteiger partial charge in [0.05, 0.1) is 11.4 Å². The molecule has 0 aromatic heterocycles. The monoisotopic (exact) mass is 480 g/mol. The Labute approximate surface area is 214 Å². The lowest BCUT2D eigenvalue weighted by atomic mass is 10.0. The molecule has 186 valence electrons. The van der Waals surface area contributed by atoms with Crippen LogP contribution < -0.4 is 5.32 Å². The Morgan fingerprint density at radius 2 is 1.69 bits per heavy atom. The van der Waals surface area contributed by atoms with Crippen molar-refractivity contribution in [3.05, 3.63) is 95.3 Å². The Morgan fingerprint density at radius 1 is 0.944 bits per heavy atom. The number of amides is 1. The van der Waals surface area contributed by atoms with E-state index in [4.69, 9.17) is 0 Å². The maximum Gasteiger partial charge on any atom is 0.225 e. The van der Waals surface area contributed by atoms with Gasteiger partial charge in [-0.05, 0) is 48.6 Å². The van der Waals surface area contributed by atoms with E-state index in [1.54, 1.807) is 0 Å². The Bertz CT molecular complexity index is 1200. The highest BCUT2D eigenvalue weighted by Crippen LogP contribution is 2.34. The van der Waals surface area contributed by atoms with Gasteiger partial charge >= 0.3 is 0 Å². The Kier molecular flexibility index (Phi) is 6.41. The molecule has 4 aliphatic rings. The molecule has 1 aliphatic carbocycles. The second-order valence-corrected chi connectivity index (χ2v) is 10.6. The van der Waals surface area contributed by atoms with Crippen LogP contribution in [0.2, 0.25) is 0 Å². The van der Waals surface area contributed by atoms with Crippen molar-refractivity contribution < 1.29 is 4.79 Å². The minimum atomic E-state index is 0.119. The molecule has 3 heterocycles. The molecule has 2 fully saturated rings. The van der Waals surface area contributed by atoms with Crippen molar-refractivity contribution >= 4 is 17.2 Å². The largest absolute Gasteiger partial charge is 0.360 e. The molecule has 1 N–H and O–H groups in total. The van der Waals surface area contributed by atoms with Crippen LogP contribution in [0.5, 0.6) is 0 Å². The lowest BCUT2D eigenvalue weighted by Crippen LogP contribution is -2.51. The van der Waals surface area contributed by atoms with Crippen LogP contribution in [0, 0.1) is 12.8 Å². The lowest BCUT2D eigenvalue weighted by molar-refractivity contribution is -0.137. The molecule has 1 amide bonds. The van der Waals surface area contributed by atoms with Crippen LogP contribution in [0.1, 0.15) is 42.4 Å². The summed E-state index contributed by atoms with van der Waals surface area (Å²) in [4.78, 5) is 20.0. The molecule has 36 heavy (non-hydrogen) atoms. The summed E-state index contributed by atoms with van der Waals surface area (Å²) in [5.41, 5.74) is 7.47. The van der Waals surface area contributed by atoms with Crippen molar-refractivity contribution in [2.45, 2.75) is 38.8 Å². The smallest absolute Gasteiger partial charge is 0.225 e. The van der Waals surface area contributed by atoms with Crippen LogP contribution in [0.3, 0.4) is 0 Å². The molecule has 1 saturated heterocycles. The SMILES string of the molecule is Cc1cccc(C2=C(CN3CCN(C(=O)C4CCCC4)CC3)N3C=C(c4ccccc4)C=CC3N2)c1. The summed E-state index contributed by atoms with van der Waals surface area (Å²) in [7, 11) is 0. The van der Waals surface area contributed by atoms with Crippen LogP contribution >= 0.6 is 0 Å². The van der Waals surface area contributed by atoms with Gasteiger partial charge in [0.15, 0.2) is 0 Å². The Hall–Kier alpha value is -3.31. The summed E-state index contributed by atoms with van der Waals surface area (Å²) in [5.74, 6) is 0.666. The third-order valence-electron chi connectivity index (χ3n) is 8.10. The second-order valence-electron chi connectivity index (χ2n) is 10.6. The summed E-state index contributed by atoms with van der Waals surface area (Å²) in [6, 6.07) is 19.4. The maximum absolute atomic E-state index is 12.9. The Balaban J connectivity index is 1.24. The zero-order valence-corrected chi connectivity index (χ0v) is 21.2. The minimum absolute atomic E-state index is 0.119. The molecule has 6 rings (SSSR count). The molecule has 0 spiro atoms. The average Bonchev–Trinajstić information content (AvgIpc) is 3.58. The van der Waals surface area contributed by atoms with Gasteiger partial charge in [0.2, 0.25) is 5.91 Å². The van der Waals surface area contributed by atoms with Gasteiger partial charge in [0.25, 0.3) is 0 Å². The van der Waals surface area contributed by atoms with E-state index in [9.17, 15) is 4.79 Å². The minimum Gasteiger partial charge on any atom is -0.360 e. The van der Waals surface area contributed by atoms with E-state index in [-0.39, 0.29) is 12.1 Å². The first-order valence-corrected chi connectivity index (χ1v) is 13.5. The van der Waals surface area contributed by atoms with Crippen molar-refractivity contribution in [3.63, 3.8) is 0 Å². The summed E-state index contributed by atoms with van der Waals surface area (Å²) in [6.45, 7) is 6.54. The number of fused-ring (bicyclic) bond motifs is 1. The van der Waals surface area contributed by atoms with E-state index in [2.05, 4.69) is 99.9 Å². The molecular weight excluding hydrogens is 444 g/mol. The van der Waals surface area contributed by atoms with Crippen LogP contribution in [0.15, 0.2) is 78.6 Å². The molecule has 5 nitrogen and oxygen atoms in total. The van der Waals surface area contributed by atoms with E-state index in [1.807, 2.05) is 0 Å². The highest BCUT2D eigenvalue weighted by molar-refractivity contribution is 5.79. The van der Waals surface area contributed by atoms with E-state index in [0.717, 1.165) is 45.6 Å². The number of benzene rings is 2. The van der Waals surface area contributed by atoms with Gasteiger partial charge in [-0.3, -0.25) is 9.69 Å². The fourth-order valence-electron chi connectivity index (χ4n) is 6.07. The molecular formula is C31H36N4O. The number of nitrogens with one attached hydrogen (secondary N) is 1. The van der Waals surface area contributed by atoms with Crippen molar-refractivity contribution in [1.29, 1.82) is 0 Å². The number of hydrogen-bond donors (Lipinski definition) is 1. The van der Waals surface area contributed by atoms with E-state index < -0.39 is 0 Å². The number of carbonyl (C=O) groups is 1. The summed E-state index contributed by atoms with van der Waals surface area (Å²) >= 11 is 0. The summed E-state index contributed by atoms with van der Waals surface area (Å²) < 4.78 is 0. The van der Waals surface area contributed by atoms with Crippen LogP contribution in [-0.4, -0.2) is 59.5 Å². The predicted molar refractivity (Wildman–Crippen MR) is 145 cm³/mol. The number of aryl methyl sites for hydroxylation is 1. The first-order valence-electron chi connectivity index (χ1n) is 13.5. The molecule has 2 aromatic rings. The van der Waals surface area contributed by atoms with E-state index in [0.29, 0.717) is 5.91 Å². The highest BCUT2D eigenvalue weighted by atomic mass is 16.2. The number of piperazine rings is 1. The molecule has 2 aromatic carbocycles. The zero-order chi connectivity index (χ0) is 24.5. The fraction of sp³-hybridized carbons (Fsp3) is 0.387. The standard InChI is InChI=1S/C31H36N4O/c1-23-8-7-13-26(20-23)30-28(22-33-16-18-34(19-17-33)31(36)25-11-5-6-12-25)35-21-27(14-15-29(35)32-30)24-9-3-2-4-10-24/h2-4,7-10,13-15,20-21,25,29,32H,5-6,11-12,16-19,22H2,1H3. The molecule has 0 bridgehead atoms. The summed E-state index contributed by atoms with van der Waals surface area (Å²) in [5, 5.41) is 3.80. The predicted octanol–water partition coefficient (Wildman–Crippen LogP) is 4.84. The fourth-order valence-corrected chi connectivity index (χ4v) is 6.07. The van der Waals surface area contributed by atoms with E-state index in [1.165, 1.54) is 46.5 Å². The second kappa shape index (κ2) is 9.98. The zero-order valence-electron chi connectivity index (χ0n) is 21.2. The quantitative estimate of drug-likeness (QED) is 0.665. The number of nitrogens with zero attached hydrogens (tertiary/aromatic N) is 3. The number of hydrogen-bond acceptors (Lipinski definition) is 4. The van der Waals surface area contributed by atoms with Gasteiger partial charge in [0.1, 0.15) is 6.17 Å². The van der Waals surface area contributed by atoms with E-state index >= 15 is 0 Å². The molecule has 3 aliphatic heterocycles. The van der Waals surface area contributed by atoms with Gasteiger partial charge < -0.3 is 15.1 Å². The van der Waals surface area contributed by atoms with Crippen LogP contribution in [0.4, 0.5) is 0 Å². The first-order chi connectivity index (χ1) is 17.7. The van der Waals surface area contributed by atoms with Gasteiger partial charge in [-0.2, -0.15) is 0 Å². The van der Waals surface area contributed by atoms with Crippen LogP contribution in [-0.2, 0) is 4.79 Å². The van der Waals surface area contributed by atoms with Crippen molar-refractivity contribution in [2.75, 3.05) is 32.7 Å². The molecule has 0 radical (unpaired) electrons. The molecule has 1 unspecified atom stereocenters. The van der Waals surface area contributed by atoms with Gasteiger partial charge in [-0.1, -0.05) is 73.0 Å². The number of carbonyl (C=O) groups excluding carboxylic acids is 1. The molecule has 1 atom stereocenters. The van der Waals surface area contributed by atoms with Crippen molar-refractivity contribution in [3.8, 4) is 0 Å². The topological polar surface area (TPSA) is 38.8 Å². The van der Waals surface area contributed by atoms with Gasteiger partial charge in [-0.25, -0.2) is 0 Å². The van der Waals surface area contributed by atoms with Gasteiger partial charge in [0, 0.05) is 44.8 Å². The number of rotatable bonds is 5. The first kappa shape index (κ1) is 23.1. The maximum atomic E-state index is 12.9. The van der Waals surface area contributed by atoms with Gasteiger partial charge in [-0.15, -0.1) is 0 Å². The van der Waals surface area contributed by atoms with Crippen molar-refractivity contribution in [2.24, 2.45) is 5.92 Å². The normalized spacial score (nSPS) is 22.6. The average molecular weight is 481 g/mol. The highest BCUT2D eigenvalue weighted by Gasteiger charge is 2.34. The lowest BCUT2D eigenvalue weighted by Gasteiger charge is -2.37. The molecule has 5 heteroatoms. The number of allylic oxidation sites excluding steroid dienone is 2.